The van der Waals surface area contributed by atoms with Gasteiger partial charge in [-0.25, -0.2) is 4.39 Å². The molecule has 0 aliphatic carbocycles. The topological polar surface area (TPSA) is 64.0 Å². The van der Waals surface area contributed by atoms with Crippen LogP contribution in [0.15, 0.2) is 97.2 Å². The minimum absolute atomic E-state index is 0.108. The number of methoxy groups -OCH3 is 2. The molecule has 0 N–H and O–H groups in total. The van der Waals surface area contributed by atoms with Crippen LogP contribution in [0.4, 0.5) is 4.39 Å². The van der Waals surface area contributed by atoms with E-state index in [9.17, 15) is 14.0 Å². The molecule has 0 bridgehead atoms. The van der Waals surface area contributed by atoms with Gasteiger partial charge in [0.1, 0.15) is 18.1 Å². The van der Waals surface area contributed by atoms with Gasteiger partial charge in [0.15, 0.2) is 0 Å². The molecule has 0 aliphatic heterocycles. The summed E-state index contributed by atoms with van der Waals surface area (Å²) in [6.45, 7) is 2.05. The molecule has 4 aromatic rings. The molecule has 0 radical (unpaired) electrons. The SMILES string of the molecule is COCCCN(CC(=O)N(Cc1ccccc1)Cc1cccn1Cc1cccc(OC)c1)C(=O)c1ccc(F)cc1. The van der Waals surface area contributed by atoms with Crippen LogP contribution >= 0.6 is 0 Å². The average molecular weight is 558 g/mol. The molecule has 0 unspecified atom stereocenters. The Labute approximate surface area is 240 Å². The predicted octanol–water partition coefficient (Wildman–Crippen LogP) is 5.39. The van der Waals surface area contributed by atoms with E-state index in [2.05, 4.69) is 4.57 Å². The van der Waals surface area contributed by atoms with E-state index in [1.54, 1.807) is 19.1 Å². The maximum Gasteiger partial charge on any atom is 0.254 e. The van der Waals surface area contributed by atoms with Crippen LogP contribution in [-0.2, 0) is 29.2 Å². The van der Waals surface area contributed by atoms with Crippen LogP contribution < -0.4 is 4.74 Å². The molecule has 0 atom stereocenters. The lowest BCUT2D eigenvalue weighted by Gasteiger charge is -2.28. The van der Waals surface area contributed by atoms with Gasteiger partial charge in [0.2, 0.25) is 5.91 Å². The number of ether oxygens (including phenoxy) is 2. The largest absolute Gasteiger partial charge is 0.497 e. The summed E-state index contributed by atoms with van der Waals surface area (Å²) in [5, 5.41) is 0. The molecule has 1 aromatic heterocycles. The molecule has 0 saturated carbocycles. The van der Waals surface area contributed by atoms with Crippen molar-refractivity contribution in [1.82, 2.24) is 14.4 Å². The third-order valence-electron chi connectivity index (χ3n) is 6.81. The molecule has 0 aliphatic rings. The molecule has 4 rings (SSSR count). The molecule has 8 heteroatoms. The first-order valence-corrected chi connectivity index (χ1v) is 13.6. The Bertz CT molecular complexity index is 1410. The molecule has 3 aromatic carbocycles. The second kappa shape index (κ2) is 14.8. The van der Waals surface area contributed by atoms with E-state index in [1.807, 2.05) is 72.9 Å². The molecule has 7 nitrogen and oxygen atoms in total. The van der Waals surface area contributed by atoms with Gasteiger partial charge in [0, 0.05) is 50.8 Å². The van der Waals surface area contributed by atoms with Gasteiger partial charge in [0.25, 0.3) is 5.91 Å². The van der Waals surface area contributed by atoms with Gasteiger partial charge < -0.3 is 23.8 Å². The quantitative estimate of drug-likeness (QED) is 0.195. The lowest BCUT2D eigenvalue weighted by molar-refractivity contribution is -0.133. The van der Waals surface area contributed by atoms with Crippen LogP contribution in [0.1, 0.15) is 33.6 Å². The highest BCUT2D eigenvalue weighted by Gasteiger charge is 2.23. The molecule has 0 spiro atoms. The maximum atomic E-state index is 13.9. The number of hydrogen-bond donors (Lipinski definition) is 0. The average Bonchev–Trinajstić information content (AvgIpc) is 3.43. The molecule has 214 valence electrons. The number of carbonyl (C=O) groups excluding carboxylic acids is 2. The minimum Gasteiger partial charge on any atom is -0.497 e. The summed E-state index contributed by atoms with van der Waals surface area (Å²) in [6, 6.07) is 27.1. The first-order chi connectivity index (χ1) is 20.0. The van der Waals surface area contributed by atoms with E-state index in [4.69, 9.17) is 9.47 Å². The van der Waals surface area contributed by atoms with Crippen LogP contribution in [0.3, 0.4) is 0 Å². The Kier molecular flexibility index (Phi) is 10.7. The first-order valence-electron chi connectivity index (χ1n) is 13.6. The molecular weight excluding hydrogens is 521 g/mol. The van der Waals surface area contributed by atoms with Crippen molar-refractivity contribution < 1.29 is 23.5 Å². The van der Waals surface area contributed by atoms with Crippen molar-refractivity contribution in [2.45, 2.75) is 26.1 Å². The lowest BCUT2D eigenvalue weighted by atomic mass is 10.1. The van der Waals surface area contributed by atoms with Crippen molar-refractivity contribution in [2.24, 2.45) is 0 Å². The standard InChI is InChI=1S/C33H36FN3O4/c1-40-20-8-19-36(33(39)28-14-16-29(34)17-15-28)25-32(38)37(22-26-9-4-3-5-10-26)24-30-12-7-18-35(30)23-27-11-6-13-31(21-27)41-2/h3-7,9-18,21H,8,19-20,22-25H2,1-2H3. The fourth-order valence-electron chi connectivity index (χ4n) is 4.64. The van der Waals surface area contributed by atoms with Gasteiger partial charge in [-0.3, -0.25) is 9.59 Å². The highest BCUT2D eigenvalue weighted by atomic mass is 19.1. The number of halogens is 1. The number of amides is 2. The van der Waals surface area contributed by atoms with Crippen molar-refractivity contribution >= 4 is 11.8 Å². The maximum absolute atomic E-state index is 13.9. The van der Waals surface area contributed by atoms with Crippen LogP contribution in [0.2, 0.25) is 0 Å². The fraction of sp³-hybridized carbons (Fsp3) is 0.273. The third-order valence-corrected chi connectivity index (χ3v) is 6.81. The highest BCUT2D eigenvalue weighted by Crippen LogP contribution is 2.18. The molecule has 1 heterocycles. The smallest absolute Gasteiger partial charge is 0.254 e. The predicted molar refractivity (Wildman–Crippen MR) is 156 cm³/mol. The Hall–Kier alpha value is -4.43. The van der Waals surface area contributed by atoms with Crippen LogP contribution in [-0.4, -0.2) is 60.1 Å². The minimum atomic E-state index is -0.422. The second-order valence-corrected chi connectivity index (χ2v) is 9.79. The summed E-state index contributed by atoms with van der Waals surface area (Å²) in [5.74, 6) is -0.141. The van der Waals surface area contributed by atoms with Gasteiger partial charge in [0.05, 0.1) is 13.7 Å². The van der Waals surface area contributed by atoms with Gasteiger partial charge >= 0.3 is 0 Å². The normalized spacial score (nSPS) is 10.8. The van der Waals surface area contributed by atoms with E-state index in [0.29, 0.717) is 44.8 Å². The summed E-state index contributed by atoms with van der Waals surface area (Å²) < 4.78 is 26.2. The van der Waals surface area contributed by atoms with E-state index in [0.717, 1.165) is 22.6 Å². The molecule has 2 amide bonds. The number of aromatic nitrogens is 1. The summed E-state index contributed by atoms with van der Waals surface area (Å²) >= 11 is 0. The van der Waals surface area contributed by atoms with E-state index in [1.165, 1.54) is 29.2 Å². The van der Waals surface area contributed by atoms with Crippen molar-refractivity contribution in [3.8, 4) is 5.75 Å². The van der Waals surface area contributed by atoms with Crippen LogP contribution in [0.5, 0.6) is 5.75 Å². The Morgan fingerprint density at radius 2 is 1.59 bits per heavy atom. The zero-order chi connectivity index (χ0) is 29.0. The Morgan fingerprint density at radius 1 is 0.829 bits per heavy atom. The van der Waals surface area contributed by atoms with Gasteiger partial charge in [-0.05, 0) is 66.1 Å². The van der Waals surface area contributed by atoms with Crippen molar-refractivity contribution in [2.75, 3.05) is 33.9 Å². The van der Waals surface area contributed by atoms with Crippen molar-refractivity contribution in [3.05, 3.63) is 125 Å². The van der Waals surface area contributed by atoms with Crippen molar-refractivity contribution in [1.29, 1.82) is 0 Å². The number of hydrogen-bond acceptors (Lipinski definition) is 4. The fourth-order valence-corrected chi connectivity index (χ4v) is 4.64. The summed E-state index contributed by atoms with van der Waals surface area (Å²) in [7, 11) is 3.24. The molecule has 41 heavy (non-hydrogen) atoms. The summed E-state index contributed by atoms with van der Waals surface area (Å²) in [6.07, 6.45) is 2.56. The first kappa shape index (κ1) is 29.6. The Morgan fingerprint density at radius 3 is 2.32 bits per heavy atom. The van der Waals surface area contributed by atoms with Gasteiger partial charge in [-0.15, -0.1) is 0 Å². The lowest BCUT2D eigenvalue weighted by Crippen LogP contribution is -2.43. The van der Waals surface area contributed by atoms with E-state index in [-0.39, 0.29) is 18.4 Å². The van der Waals surface area contributed by atoms with Crippen molar-refractivity contribution in [3.63, 3.8) is 0 Å². The van der Waals surface area contributed by atoms with Gasteiger partial charge in [-0.2, -0.15) is 0 Å². The van der Waals surface area contributed by atoms with Gasteiger partial charge in [-0.1, -0.05) is 42.5 Å². The molecule has 0 fully saturated rings. The van der Waals surface area contributed by atoms with Crippen LogP contribution in [0.25, 0.3) is 0 Å². The highest BCUT2D eigenvalue weighted by molar-refractivity contribution is 5.96. The number of nitrogens with zero attached hydrogens (tertiary/aromatic N) is 3. The monoisotopic (exact) mass is 557 g/mol. The van der Waals surface area contributed by atoms with Crippen LogP contribution in [0, 0.1) is 5.82 Å². The number of rotatable bonds is 14. The Balaban J connectivity index is 1.56. The van der Waals surface area contributed by atoms with E-state index < -0.39 is 5.82 Å². The zero-order valence-electron chi connectivity index (χ0n) is 23.5. The number of carbonyl (C=O) groups is 2. The van der Waals surface area contributed by atoms with E-state index >= 15 is 0 Å². The second-order valence-electron chi connectivity index (χ2n) is 9.79. The summed E-state index contributed by atoms with van der Waals surface area (Å²) in [5.41, 5.74) is 3.37. The number of benzene rings is 3. The molecular formula is C33H36FN3O4. The summed E-state index contributed by atoms with van der Waals surface area (Å²) in [4.78, 5) is 30.5. The zero-order valence-corrected chi connectivity index (χ0v) is 23.5. The molecule has 0 saturated heterocycles. The third kappa shape index (κ3) is 8.53.